The molecular weight excluding hydrogens is 420 g/mol. The first-order valence-corrected chi connectivity index (χ1v) is 11.3. The molecule has 1 saturated heterocycles. The Hall–Kier alpha value is -3.22. The van der Waals surface area contributed by atoms with Gasteiger partial charge in [-0.1, -0.05) is 36.4 Å². The van der Waals surface area contributed by atoms with Crippen molar-refractivity contribution in [2.45, 2.75) is 52.4 Å². The number of nitrogens with one attached hydrogen (secondary N) is 1. The second kappa shape index (κ2) is 11.1. The van der Waals surface area contributed by atoms with Gasteiger partial charge >= 0.3 is 6.09 Å². The summed E-state index contributed by atoms with van der Waals surface area (Å²) in [7, 11) is 1.60. The number of hydrogen-bond acceptors (Lipinski definition) is 5. The molecule has 1 N–H and O–H groups in total. The first-order chi connectivity index (χ1) is 15.7. The third kappa shape index (κ3) is 7.41. The fraction of sp³-hybridized carbons (Fsp3) is 0.462. The molecule has 33 heavy (non-hydrogen) atoms. The van der Waals surface area contributed by atoms with Gasteiger partial charge in [0, 0.05) is 19.6 Å². The molecule has 1 atom stereocenters. The summed E-state index contributed by atoms with van der Waals surface area (Å²) < 4.78 is 16.8. The van der Waals surface area contributed by atoms with E-state index in [0.29, 0.717) is 37.7 Å². The van der Waals surface area contributed by atoms with Gasteiger partial charge in [0.05, 0.1) is 13.0 Å². The number of carbonyl (C=O) groups is 2. The number of methoxy groups -OCH3 is 1. The molecule has 2 aromatic carbocycles. The smallest absolute Gasteiger partial charge is 0.410 e. The zero-order valence-corrected chi connectivity index (χ0v) is 19.9. The second-order valence-electron chi connectivity index (χ2n) is 9.24. The zero-order chi connectivity index (χ0) is 23.8. The van der Waals surface area contributed by atoms with Crippen molar-refractivity contribution < 1.29 is 23.8 Å². The Morgan fingerprint density at radius 1 is 1.06 bits per heavy atom. The lowest BCUT2D eigenvalue weighted by atomic mass is 9.97. The van der Waals surface area contributed by atoms with Crippen LogP contribution in [-0.4, -0.2) is 42.7 Å². The number of carbonyl (C=O) groups excluding carboxylic acids is 2. The van der Waals surface area contributed by atoms with E-state index in [2.05, 4.69) is 5.32 Å². The van der Waals surface area contributed by atoms with Crippen molar-refractivity contribution in [3.8, 4) is 11.5 Å². The van der Waals surface area contributed by atoms with Gasteiger partial charge in [0.25, 0.3) is 0 Å². The van der Waals surface area contributed by atoms with Gasteiger partial charge in [-0.25, -0.2) is 4.79 Å². The molecule has 1 fully saturated rings. The van der Waals surface area contributed by atoms with Crippen molar-refractivity contribution >= 4 is 12.0 Å². The van der Waals surface area contributed by atoms with Crippen LogP contribution in [-0.2, 0) is 22.7 Å². The highest BCUT2D eigenvalue weighted by atomic mass is 16.6. The molecule has 0 bridgehead atoms. The van der Waals surface area contributed by atoms with E-state index in [1.165, 1.54) is 0 Å². The number of rotatable bonds is 7. The molecule has 0 saturated carbocycles. The lowest BCUT2D eigenvalue weighted by Crippen LogP contribution is -2.46. The maximum atomic E-state index is 12.8. The number of hydrogen-bond donors (Lipinski definition) is 1. The summed E-state index contributed by atoms with van der Waals surface area (Å²) in [5.74, 6) is 0.955. The summed E-state index contributed by atoms with van der Waals surface area (Å²) in [5.41, 5.74) is 1.43. The summed E-state index contributed by atoms with van der Waals surface area (Å²) in [6.07, 6.45) is 1.16. The lowest BCUT2D eigenvalue weighted by molar-refractivity contribution is -0.126. The Balaban J connectivity index is 1.53. The van der Waals surface area contributed by atoms with Crippen molar-refractivity contribution in [3.63, 3.8) is 0 Å². The third-order valence-electron chi connectivity index (χ3n) is 5.38. The van der Waals surface area contributed by atoms with Crippen molar-refractivity contribution in [3.05, 3.63) is 59.7 Å². The van der Waals surface area contributed by atoms with Crippen molar-refractivity contribution in [2.75, 3.05) is 20.2 Å². The Kier molecular flexibility index (Phi) is 8.20. The predicted octanol–water partition coefficient (Wildman–Crippen LogP) is 4.54. The van der Waals surface area contributed by atoms with Gasteiger partial charge in [-0.2, -0.15) is 0 Å². The van der Waals surface area contributed by atoms with Gasteiger partial charge in [0.2, 0.25) is 5.91 Å². The van der Waals surface area contributed by atoms with Crippen LogP contribution in [0.2, 0.25) is 0 Å². The molecule has 7 nitrogen and oxygen atoms in total. The molecule has 1 aliphatic rings. The van der Waals surface area contributed by atoms with Gasteiger partial charge in [-0.3, -0.25) is 4.79 Å². The van der Waals surface area contributed by atoms with E-state index in [0.717, 1.165) is 24.0 Å². The van der Waals surface area contributed by atoms with E-state index in [9.17, 15) is 9.59 Å². The molecule has 178 valence electrons. The lowest BCUT2D eigenvalue weighted by Gasteiger charge is -2.33. The topological polar surface area (TPSA) is 77.1 Å². The fourth-order valence-corrected chi connectivity index (χ4v) is 3.69. The average Bonchev–Trinajstić information content (AvgIpc) is 2.81. The molecule has 1 aliphatic heterocycles. The highest BCUT2D eigenvalue weighted by Gasteiger charge is 2.30. The molecule has 0 aromatic heterocycles. The first-order valence-electron chi connectivity index (χ1n) is 11.3. The Morgan fingerprint density at radius 2 is 1.82 bits per heavy atom. The van der Waals surface area contributed by atoms with E-state index in [1.807, 2.05) is 69.3 Å². The summed E-state index contributed by atoms with van der Waals surface area (Å²) in [5, 5.41) is 2.99. The van der Waals surface area contributed by atoms with Crippen molar-refractivity contribution in [1.82, 2.24) is 10.2 Å². The van der Waals surface area contributed by atoms with Crippen LogP contribution in [0.25, 0.3) is 0 Å². The molecule has 2 amide bonds. The Morgan fingerprint density at radius 3 is 2.52 bits per heavy atom. The normalized spacial score (nSPS) is 16.1. The summed E-state index contributed by atoms with van der Waals surface area (Å²) in [6.45, 7) is 7.32. The Bertz CT molecular complexity index is 939. The Labute approximate surface area is 196 Å². The van der Waals surface area contributed by atoms with Crippen LogP contribution in [0.3, 0.4) is 0 Å². The molecule has 0 unspecified atom stereocenters. The molecular formula is C26H34N2O5. The molecule has 0 aliphatic carbocycles. The number of amides is 2. The maximum Gasteiger partial charge on any atom is 0.410 e. The number of piperidine rings is 1. The zero-order valence-electron chi connectivity index (χ0n) is 19.9. The van der Waals surface area contributed by atoms with Crippen LogP contribution in [0.5, 0.6) is 11.5 Å². The molecule has 1 heterocycles. The number of benzene rings is 2. The van der Waals surface area contributed by atoms with Gasteiger partial charge in [0.1, 0.15) is 12.2 Å². The van der Waals surface area contributed by atoms with E-state index < -0.39 is 5.60 Å². The largest absolute Gasteiger partial charge is 0.493 e. The molecule has 0 spiro atoms. The summed E-state index contributed by atoms with van der Waals surface area (Å²) >= 11 is 0. The average molecular weight is 455 g/mol. The molecule has 7 heteroatoms. The minimum absolute atomic E-state index is 0.0633. The monoisotopic (exact) mass is 454 g/mol. The summed E-state index contributed by atoms with van der Waals surface area (Å²) in [4.78, 5) is 26.7. The van der Waals surface area contributed by atoms with E-state index >= 15 is 0 Å². The fourth-order valence-electron chi connectivity index (χ4n) is 3.69. The highest BCUT2D eigenvalue weighted by Crippen LogP contribution is 2.29. The minimum Gasteiger partial charge on any atom is -0.493 e. The van der Waals surface area contributed by atoms with Crippen LogP contribution in [0, 0.1) is 5.92 Å². The highest BCUT2D eigenvalue weighted by molar-refractivity contribution is 5.80. The number of likely N-dealkylation sites (tertiary alicyclic amines) is 1. The van der Waals surface area contributed by atoms with Crippen LogP contribution in [0.15, 0.2) is 48.5 Å². The van der Waals surface area contributed by atoms with Gasteiger partial charge in [0.15, 0.2) is 11.5 Å². The first kappa shape index (κ1) is 24.4. The van der Waals surface area contributed by atoms with Crippen molar-refractivity contribution in [1.29, 1.82) is 0 Å². The van der Waals surface area contributed by atoms with E-state index in [-0.39, 0.29) is 17.9 Å². The van der Waals surface area contributed by atoms with Crippen molar-refractivity contribution in [2.24, 2.45) is 5.92 Å². The maximum absolute atomic E-state index is 12.8. The van der Waals surface area contributed by atoms with E-state index in [1.54, 1.807) is 12.0 Å². The quantitative estimate of drug-likeness (QED) is 0.665. The van der Waals surface area contributed by atoms with E-state index in [4.69, 9.17) is 14.2 Å². The van der Waals surface area contributed by atoms with Gasteiger partial charge in [-0.05, 0) is 56.9 Å². The number of nitrogens with zero attached hydrogens (tertiary/aromatic N) is 1. The third-order valence-corrected chi connectivity index (χ3v) is 5.38. The van der Waals surface area contributed by atoms with Crippen LogP contribution >= 0.6 is 0 Å². The standard InChI is InChI=1S/C26H34N2O5/c1-26(2,3)33-25(30)28-14-8-11-21(17-28)24(29)27-16-20-12-13-22(23(15-20)31-4)32-18-19-9-6-5-7-10-19/h5-7,9-10,12-13,15,21H,8,11,14,16-18H2,1-4H3,(H,27,29)/t21-/m0/s1. The van der Waals surface area contributed by atoms with Gasteiger partial charge < -0.3 is 24.4 Å². The molecule has 0 radical (unpaired) electrons. The molecule has 3 rings (SSSR count). The SMILES string of the molecule is COc1cc(CNC(=O)[C@H]2CCCN(C(=O)OC(C)(C)C)C2)ccc1OCc1ccccc1. The summed E-state index contributed by atoms with van der Waals surface area (Å²) in [6, 6.07) is 15.6. The van der Waals surface area contributed by atoms with Crippen LogP contribution in [0.1, 0.15) is 44.7 Å². The predicted molar refractivity (Wildman–Crippen MR) is 126 cm³/mol. The molecule has 2 aromatic rings. The van der Waals surface area contributed by atoms with Gasteiger partial charge in [-0.15, -0.1) is 0 Å². The van der Waals surface area contributed by atoms with Crippen LogP contribution in [0.4, 0.5) is 4.79 Å². The second-order valence-corrected chi connectivity index (χ2v) is 9.24. The van der Waals surface area contributed by atoms with Crippen LogP contribution < -0.4 is 14.8 Å². The minimum atomic E-state index is -0.553. The number of ether oxygens (including phenoxy) is 3.